The van der Waals surface area contributed by atoms with Crippen LogP contribution in [-0.4, -0.2) is 37.1 Å². The van der Waals surface area contributed by atoms with Crippen molar-refractivity contribution in [1.82, 2.24) is 4.90 Å². The van der Waals surface area contributed by atoms with Crippen molar-refractivity contribution in [3.05, 3.63) is 0 Å². The van der Waals surface area contributed by atoms with E-state index in [-0.39, 0.29) is 24.9 Å². The van der Waals surface area contributed by atoms with Crippen molar-refractivity contribution in [2.24, 2.45) is 5.41 Å². The highest BCUT2D eigenvalue weighted by Gasteiger charge is 2.31. The van der Waals surface area contributed by atoms with Gasteiger partial charge in [-0.05, 0) is 24.8 Å². The average Bonchev–Trinajstić information content (AvgIpc) is 2.15. The van der Waals surface area contributed by atoms with Crippen molar-refractivity contribution in [2.75, 3.05) is 20.2 Å². The summed E-state index contributed by atoms with van der Waals surface area (Å²) in [5, 5.41) is 0. The molecule has 1 aliphatic heterocycles. The summed E-state index contributed by atoms with van der Waals surface area (Å²) in [5.41, 5.74) is 0.240. The molecular weight excluding hydrogens is 202 g/mol. The van der Waals surface area contributed by atoms with Crippen LogP contribution < -0.4 is 0 Å². The number of hydrogen-bond acceptors (Lipinski definition) is 3. The number of methoxy groups -OCH3 is 1. The summed E-state index contributed by atoms with van der Waals surface area (Å²) in [6.45, 7) is 8.60. The van der Waals surface area contributed by atoms with Gasteiger partial charge in [-0.15, -0.1) is 0 Å². The smallest absolute Gasteiger partial charge is 0.323 e. The van der Waals surface area contributed by atoms with Gasteiger partial charge in [-0.2, -0.15) is 0 Å². The number of esters is 1. The molecule has 3 nitrogen and oxygen atoms in total. The molecule has 1 aliphatic rings. The van der Waals surface area contributed by atoms with Gasteiger partial charge in [0.05, 0.1) is 7.11 Å². The van der Waals surface area contributed by atoms with Gasteiger partial charge in [-0.25, -0.2) is 0 Å². The monoisotopic (exact) mass is 229 g/mol. The normalized spacial score (nSPS) is 22.4. The summed E-state index contributed by atoms with van der Waals surface area (Å²) in [5.74, 6) is -0.0704. The largest absolute Gasteiger partial charge is 0.468 e. The maximum Gasteiger partial charge on any atom is 0.323 e. The zero-order chi connectivity index (χ0) is 11.5. The van der Waals surface area contributed by atoms with Gasteiger partial charge in [0.15, 0.2) is 0 Å². The first kappa shape index (κ1) is 15.4. The summed E-state index contributed by atoms with van der Waals surface area (Å²) in [6.07, 6.45) is 3.28. The van der Waals surface area contributed by atoms with E-state index in [0.717, 1.165) is 25.9 Å². The van der Waals surface area contributed by atoms with E-state index in [9.17, 15) is 4.79 Å². The quantitative estimate of drug-likeness (QED) is 0.682. The van der Waals surface area contributed by atoms with E-state index in [0.29, 0.717) is 0 Å². The maximum absolute atomic E-state index is 11.6. The molecule has 16 heavy (non-hydrogen) atoms. The second-order valence-electron chi connectivity index (χ2n) is 5.57. The topological polar surface area (TPSA) is 29.5 Å². The van der Waals surface area contributed by atoms with E-state index in [1.54, 1.807) is 0 Å². The van der Waals surface area contributed by atoms with Gasteiger partial charge in [0.25, 0.3) is 0 Å². The van der Waals surface area contributed by atoms with Gasteiger partial charge in [0.2, 0.25) is 0 Å². The van der Waals surface area contributed by atoms with Crippen LogP contribution in [0.1, 0.15) is 47.5 Å². The highest BCUT2D eigenvalue weighted by Crippen LogP contribution is 2.23. The van der Waals surface area contributed by atoms with Crippen molar-refractivity contribution >= 4 is 5.97 Å². The average molecular weight is 229 g/mol. The van der Waals surface area contributed by atoms with Gasteiger partial charge in [0.1, 0.15) is 6.04 Å². The Morgan fingerprint density at radius 3 is 2.50 bits per heavy atom. The third-order valence-corrected chi connectivity index (χ3v) is 2.76. The molecule has 0 radical (unpaired) electrons. The number of carbonyl (C=O) groups is 1. The molecule has 1 unspecified atom stereocenters. The molecule has 0 spiro atoms. The number of likely N-dealkylation sites (tertiary alicyclic amines) is 1. The van der Waals surface area contributed by atoms with Crippen LogP contribution in [0.4, 0.5) is 0 Å². The minimum absolute atomic E-state index is 0. The van der Waals surface area contributed by atoms with Crippen LogP contribution in [0, 0.1) is 5.41 Å². The molecule has 1 atom stereocenters. The molecule has 0 N–H and O–H groups in total. The minimum atomic E-state index is -0.0704. The molecule has 1 saturated heterocycles. The number of ether oxygens (including phenoxy) is 1. The van der Waals surface area contributed by atoms with Crippen molar-refractivity contribution in [2.45, 2.75) is 53.5 Å². The van der Waals surface area contributed by atoms with E-state index < -0.39 is 0 Å². The number of piperidine rings is 1. The predicted octanol–water partition coefficient (Wildman–Crippen LogP) is 2.70. The molecular formula is C13H27NO2. The summed E-state index contributed by atoms with van der Waals surface area (Å²) in [7, 11) is 1.48. The molecule has 0 bridgehead atoms. The van der Waals surface area contributed by atoms with E-state index in [4.69, 9.17) is 4.74 Å². The Morgan fingerprint density at radius 1 is 1.38 bits per heavy atom. The number of carbonyl (C=O) groups excluding carboxylic acids is 1. The van der Waals surface area contributed by atoms with Crippen molar-refractivity contribution in [3.8, 4) is 0 Å². The van der Waals surface area contributed by atoms with Crippen LogP contribution in [0.25, 0.3) is 0 Å². The van der Waals surface area contributed by atoms with Crippen LogP contribution in [0.3, 0.4) is 0 Å². The van der Waals surface area contributed by atoms with Gasteiger partial charge in [-0.1, -0.05) is 34.6 Å². The highest BCUT2D eigenvalue weighted by molar-refractivity contribution is 5.75. The lowest BCUT2D eigenvalue weighted by Crippen LogP contribution is -2.48. The van der Waals surface area contributed by atoms with Gasteiger partial charge in [-0.3, -0.25) is 9.69 Å². The second-order valence-corrected chi connectivity index (χ2v) is 5.57. The number of hydrogen-bond donors (Lipinski definition) is 0. The Kier molecular flexibility index (Phi) is 6.01. The van der Waals surface area contributed by atoms with Gasteiger partial charge >= 0.3 is 5.97 Å². The molecule has 1 fully saturated rings. The molecule has 0 saturated carbocycles. The van der Waals surface area contributed by atoms with Crippen molar-refractivity contribution in [3.63, 3.8) is 0 Å². The summed E-state index contributed by atoms with van der Waals surface area (Å²) < 4.78 is 4.85. The third kappa shape index (κ3) is 4.52. The summed E-state index contributed by atoms with van der Waals surface area (Å²) >= 11 is 0. The first-order valence-electron chi connectivity index (χ1n) is 5.76. The fraction of sp³-hybridized carbons (Fsp3) is 0.923. The Morgan fingerprint density at radius 2 is 2.00 bits per heavy atom. The molecule has 96 valence electrons. The van der Waals surface area contributed by atoms with E-state index in [1.165, 1.54) is 13.5 Å². The Hall–Kier alpha value is -0.570. The van der Waals surface area contributed by atoms with E-state index in [1.807, 2.05) is 0 Å². The standard InChI is InChI=1S/C12H23NO2.CH4/c1-12(2,3)9-13-8-6-5-7-10(13)11(14)15-4;/h10H,5-9H2,1-4H3;1H4. The molecule has 1 rings (SSSR count). The van der Waals surface area contributed by atoms with Crippen molar-refractivity contribution < 1.29 is 9.53 Å². The van der Waals surface area contributed by atoms with Crippen LogP contribution >= 0.6 is 0 Å². The van der Waals surface area contributed by atoms with E-state index in [2.05, 4.69) is 25.7 Å². The Labute approximate surface area is 100 Å². The predicted molar refractivity (Wildman–Crippen MR) is 67.4 cm³/mol. The zero-order valence-electron chi connectivity index (χ0n) is 10.4. The first-order chi connectivity index (χ1) is 6.94. The van der Waals surface area contributed by atoms with Crippen LogP contribution in [0.5, 0.6) is 0 Å². The number of nitrogens with zero attached hydrogens (tertiary/aromatic N) is 1. The van der Waals surface area contributed by atoms with Crippen LogP contribution in [-0.2, 0) is 9.53 Å². The Bertz CT molecular complexity index is 220. The summed E-state index contributed by atoms with van der Waals surface area (Å²) in [4.78, 5) is 13.9. The molecule has 0 aromatic rings. The zero-order valence-corrected chi connectivity index (χ0v) is 10.4. The molecule has 0 aromatic carbocycles. The van der Waals surface area contributed by atoms with E-state index >= 15 is 0 Å². The van der Waals surface area contributed by atoms with Gasteiger partial charge in [0, 0.05) is 6.54 Å². The molecule has 0 aliphatic carbocycles. The molecule has 3 heteroatoms. The number of rotatable bonds is 2. The fourth-order valence-electron chi connectivity index (χ4n) is 2.19. The SMILES string of the molecule is C.COC(=O)C1CCCCN1CC(C)(C)C. The lowest BCUT2D eigenvalue weighted by atomic mass is 9.92. The van der Waals surface area contributed by atoms with Crippen molar-refractivity contribution in [1.29, 1.82) is 0 Å². The molecule has 0 amide bonds. The molecule has 1 heterocycles. The fourth-order valence-corrected chi connectivity index (χ4v) is 2.19. The highest BCUT2D eigenvalue weighted by atomic mass is 16.5. The first-order valence-corrected chi connectivity index (χ1v) is 5.76. The lowest BCUT2D eigenvalue weighted by molar-refractivity contribution is -0.148. The third-order valence-electron chi connectivity index (χ3n) is 2.76. The Balaban J connectivity index is 0.00000225. The van der Waals surface area contributed by atoms with Crippen LogP contribution in [0.2, 0.25) is 0 Å². The summed E-state index contributed by atoms with van der Waals surface area (Å²) in [6, 6.07) is -0.0111. The van der Waals surface area contributed by atoms with Crippen LogP contribution in [0.15, 0.2) is 0 Å². The maximum atomic E-state index is 11.6. The lowest BCUT2D eigenvalue weighted by Gasteiger charge is -2.37. The van der Waals surface area contributed by atoms with Gasteiger partial charge < -0.3 is 4.74 Å². The molecule has 0 aromatic heterocycles. The second kappa shape index (κ2) is 6.24. The minimum Gasteiger partial charge on any atom is -0.468 e.